The van der Waals surface area contributed by atoms with E-state index in [0.29, 0.717) is 22.6 Å². The second-order valence-corrected chi connectivity index (χ2v) is 7.37. The number of ether oxygens (including phenoxy) is 1. The molecule has 0 saturated heterocycles. The number of aliphatic carboxylic acids is 1. The first-order chi connectivity index (χ1) is 12.7. The molecule has 1 amide bonds. The molecule has 7 heteroatoms. The highest BCUT2D eigenvalue weighted by molar-refractivity contribution is 7.17. The molecule has 142 valence electrons. The molecular formula is C20H20NO5S-. The zero-order valence-corrected chi connectivity index (χ0v) is 16.3. The molecule has 2 aromatic rings. The van der Waals surface area contributed by atoms with Crippen LogP contribution in [0.15, 0.2) is 36.4 Å². The van der Waals surface area contributed by atoms with Gasteiger partial charge in [0.1, 0.15) is 10.6 Å². The Labute approximate surface area is 161 Å². The quantitative estimate of drug-likeness (QED) is 0.608. The van der Waals surface area contributed by atoms with Crippen molar-refractivity contribution >= 4 is 34.2 Å². The van der Waals surface area contributed by atoms with E-state index in [4.69, 9.17) is 4.74 Å². The summed E-state index contributed by atoms with van der Waals surface area (Å²) in [6, 6.07) is 7.86. The highest BCUT2D eigenvalue weighted by Gasteiger charge is 2.24. The van der Waals surface area contributed by atoms with E-state index in [1.54, 1.807) is 0 Å². The van der Waals surface area contributed by atoms with Crippen LogP contribution in [0, 0.1) is 6.92 Å². The molecule has 0 unspecified atom stereocenters. The van der Waals surface area contributed by atoms with Crippen molar-refractivity contribution in [2.24, 2.45) is 0 Å². The summed E-state index contributed by atoms with van der Waals surface area (Å²) in [5.74, 6) is -2.35. The maximum Gasteiger partial charge on any atom is 0.341 e. The first-order valence-electron chi connectivity index (χ1n) is 8.26. The molecule has 2 rings (SSSR count). The van der Waals surface area contributed by atoms with Crippen molar-refractivity contribution in [3.63, 3.8) is 0 Å². The van der Waals surface area contributed by atoms with Crippen LogP contribution in [0.5, 0.6) is 0 Å². The Bertz CT molecular complexity index is 894. The van der Waals surface area contributed by atoms with Gasteiger partial charge in [0.05, 0.1) is 13.1 Å². The van der Waals surface area contributed by atoms with Crippen molar-refractivity contribution < 1.29 is 24.2 Å². The number of anilines is 1. The number of carboxylic acid groups (broad SMARTS) is 1. The lowest BCUT2D eigenvalue weighted by atomic mass is 9.97. The first kappa shape index (κ1) is 20.4. The van der Waals surface area contributed by atoms with Crippen molar-refractivity contribution in [1.82, 2.24) is 0 Å². The van der Waals surface area contributed by atoms with Gasteiger partial charge in [0.2, 0.25) is 5.91 Å². The molecule has 6 nitrogen and oxygen atoms in total. The van der Waals surface area contributed by atoms with Gasteiger partial charge in [-0.2, -0.15) is 0 Å². The number of hydrogen-bond donors (Lipinski definition) is 1. The van der Waals surface area contributed by atoms with Crippen LogP contribution < -0.4 is 10.4 Å². The zero-order chi connectivity index (χ0) is 20.1. The van der Waals surface area contributed by atoms with E-state index >= 15 is 0 Å². The van der Waals surface area contributed by atoms with Crippen molar-refractivity contribution in [3.8, 4) is 11.1 Å². The van der Waals surface area contributed by atoms with Crippen molar-refractivity contribution in [3.05, 3.63) is 52.4 Å². The van der Waals surface area contributed by atoms with Gasteiger partial charge >= 0.3 is 5.97 Å². The smallest absolute Gasteiger partial charge is 0.341 e. The molecule has 1 N–H and O–H groups in total. The number of benzene rings is 1. The summed E-state index contributed by atoms with van der Waals surface area (Å²) in [6.07, 6.45) is 1.46. The highest BCUT2D eigenvalue weighted by atomic mass is 32.1. The number of carboxylic acids is 1. The van der Waals surface area contributed by atoms with Crippen LogP contribution in [0.2, 0.25) is 0 Å². The molecule has 0 aliphatic rings. The van der Waals surface area contributed by atoms with Gasteiger partial charge in [-0.05, 0) is 30.0 Å². The van der Waals surface area contributed by atoms with Crippen LogP contribution in [-0.4, -0.2) is 25.0 Å². The minimum Gasteiger partial charge on any atom is -0.545 e. The number of methoxy groups -OCH3 is 1. The van der Waals surface area contributed by atoms with Crippen LogP contribution in [-0.2, 0) is 14.3 Å². The fourth-order valence-electron chi connectivity index (χ4n) is 2.61. The fraction of sp³-hybridized carbons (Fsp3) is 0.250. The number of thiophene rings is 1. The standard InChI is InChI=1S/C20H21NO5S/c1-11(2)13-5-7-14(8-6-13)17-12(3)27-19(18(17)20(25)26-4)21-15(22)9-10-16(23)24/h5-11H,1-4H3,(H,21,22)(H,23,24)/p-1. The van der Waals surface area contributed by atoms with Gasteiger partial charge in [0.15, 0.2) is 0 Å². The first-order valence-corrected chi connectivity index (χ1v) is 9.08. The van der Waals surface area contributed by atoms with E-state index in [0.717, 1.165) is 16.5 Å². The summed E-state index contributed by atoms with van der Waals surface area (Å²) < 4.78 is 4.89. The monoisotopic (exact) mass is 386 g/mol. The number of hydrogen-bond acceptors (Lipinski definition) is 6. The lowest BCUT2D eigenvalue weighted by Gasteiger charge is -2.09. The Morgan fingerprint density at radius 1 is 1.15 bits per heavy atom. The predicted molar refractivity (Wildman–Crippen MR) is 103 cm³/mol. The molecule has 0 spiro atoms. The van der Waals surface area contributed by atoms with Crippen LogP contribution in [0.4, 0.5) is 5.00 Å². The number of carbonyl (C=O) groups is 3. The van der Waals surface area contributed by atoms with Crippen LogP contribution in [0.1, 0.15) is 40.6 Å². The minimum atomic E-state index is -1.48. The van der Waals surface area contributed by atoms with Crippen molar-refractivity contribution in [2.75, 3.05) is 12.4 Å². The van der Waals surface area contributed by atoms with Gasteiger partial charge in [-0.25, -0.2) is 4.79 Å². The molecule has 1 aromatic carbocycles. The summed E-state index contributed by atoms with van der Waals surface area (Å²) in [7, 11) is 1.27. The molecule has 1 aromatic heterocycles. The molecule has 0 aliphatic heterocycles. The normalized spacial score (nSPS) is 11.0. The van der Waals surface area contributed by atoms with Gasteiger partial charge in [0.25, 0.3) is 0 Å². The van der Waals surface area contributed by atoms with Crippen LogP contribution >= 0.6 is 11.3 Å². The number of esters is 1. The fourth-order valence-corrected chi connectivity index (χ4v) is 3.68. The Morgan fingerprint density at radius 2 is 1.78 bits per heavy atom. The van der Waals surface area contributed by atoms with Crippen LogP contribution in [0.3, 0.4) is 0 Å². The lowest BCUT2D eigenvalue weighted by Crippen LogP contribution is -2.20. The molecule has 27 heavy (non-hydrogen) atoms. The zero-order valence-electron chi connectivity index (χ0n) is 15.5. The van der Waals surface area contributed by atoms with E-state index in [1.165, 1.54) is 24.0 Å². The average molecular weight is 386 g/mol. The third-order valence-corrected chi connectivity index (χ3v) is 4.97. The summed E-state index contributed by atoms with van der Waals surface area (Å²) in [4.78, 5) is 35.6. The van der Waals surface area contributed by atoms with Gasteiger partial charge in [-0.15, -0.1) is 11.3 Å². The van der Waals surface area contributed by atoms with Gasteiger partial charge in [-0.1, -0.05) is 38.1 Å². The molecule has 0 aliphatic carbocycles. The van der Waals surface area contributed by atoms with Crippen molar-refractivity contribution in [2.45, 2.75) is 26.7 Å². The summed E-state index contributed by atoms with van der Waals surface area (Å²) in [5.41, 5.74) is 2.93. The number of amides is 1. The van der Waals surface area contributed by atoms with E-state index < -0.39 is 17.8 Å². The molecule has 0 radical (unpaired) electrons. The van der Waals surface area contributed by atoms with E-state index in [2.05, 4.69) is 19.2 Å². The number of nitrogens with one attached hydrogen (secondary N) is 1. The molecule has 0 bridgehead atoms. The Balaban J connectivity index is 2.49. The maximum atomic E-state index is 12.4. The minimum absolute atomic E-state index is 0.243. The third-order valence-electron chi connectivity index (χ3n) is 3.95. The number of rotatable bonds is 6. The summed E-state index contributed by atoms with van der Waals surface area (Å²) in [6.45, 7) is 6.03. The van der Waals surface area contributed by atoms with Crippen molar-refractivity contribution in [1.29, 1.82) is 0 Å². The predicted octanol–water partition coefficient (Wildman–Crippen LogP) is 2.88. The summed E-state index contributed by atoms with van der Waals surface area (Å²) >= 11 is 1.22. The lowest BCUT2D eigenvalue weighted by molar-refractivity contribution is -0.297. The van der Waals surface area contributed by atoms with Crippen LogP contribution in [0.25, 0.3) is 11.1 Å². The van der Waals surface area contributed by atoms with E-state index in [-0.39, 0.29) is 5.56 Å². The highest BCUT2D eigenvalue weighted by Crippen LogP contribution is 2.40. The number of aryl methyl sites for hydroxylation is 1. The maximum absolute atomic E-state index is 12.4. The van der Waals surface area contributed by atoms with E-state index in [1.807, 2.05) is 31.2 Å². The molecular weight excluding hydrogens is 366 g/mol. The largest absolute Gasteiger partial charge is 0.545 e. The molecule has 1 heterocycles. The Morgan fingerprint density at radius 3 is 2.30 bits per heavy atom. The second kappa shape index (κ2) is 8.64. The van der Waals surface area contributed by atoms with Gasteiger partial charge in [-0.3, -0.25) is 4.79 Å². The third kappa shape index (κ3) is 4.83. The average Bonchev–Trinajstić information content (AvgIpc) is 2.95. The van der Waals surface area contributed by atoms with E-state index in [9.17, 15) is 19.5 Å². The molecule has 0 atom stereocenters. The molecule has 0 saturated carbocycles. The summed E-state index contributed by atoms with van der Waals surface area (Å²) in [5, 5.41) is 13.3. The Kier molecular flexibility index (Phi) is 6.52. The second-order valence-electron chi connectivity index (χ2n) is 6.15. The topological polar surface area (TPSA) is 95.5 Å². The number of carbonyl (C=O) groups excluding carboxylic acids is 3. The SMILES string of the molecule is COC(=O)c1c(NC(=O)C=CC(=O)[O-])sc(C)c1-c1ccc(C(C)C)cc1. The Hall–Kier alpha value is -2.93. The molecule has 0 fully saturated rings. The van der Waals surface area contributed by atoms with Gasteiger partial charge < -0.3 is 20.0 Å². The van der Waals surface area contributed by atoms with Gasteiger partial charge in [0, 0.05) is 16.5 Å².